The number of likely N-dealkylation sites (tertiary alicyclic amines) is 1. The molecule has 2 rings (SSSR count). The summed E-state index contributed by atoms with van der Waals surface area (Å²) < 4.78 is 0. The van der Waals surface area contributed by atoms with Gasteiger partial charge in [-0.2, -0.15) is 0 Å². The van der Waals surface area contributed by atoms with E-state index >= 15 is 0 Å². The van der Waals surface area contributed by atoms with Crippen molar-refractivity contribution in [1.82, 2.24) is 4.90 Å². The van der Waals surface area contributed by atoms with Gasteiger partial charge in [-0.1, -0.05) is 12.8 Å². The van der Waals surface area contributed by atoms with Crippen LogP contribution in [-0.2, 0) is 0 Å². The van der Waals surface area contributed by atoms with Crippen LogP contribution in [0.25, 0.3) is 0 Å². The van der Waals surface area contributed by atoms with Crippen LogP contribution in [0.4, 0.5) is 0 Å². The summed E-state index contributed by atoms with van der Waals surface area (Å²) >= 11 is 0. The van der Waals surface area contributed by atoms with Gasteiger partial charge >= 0.3 is 0 Å². The molecule has 1 saturated carbocycles. The molecule has 1 unspecified atom stereocenters. The molecule has 0 aromatic heterocycles. The second kappa shape index (κ2) is 5.31. The molecule has 2 fully saturated rings. The van der Waals surface area contributed by atoms with Gasteiger partial charge in [0, 0.05) is 12.1 Å². The molecule has 0 amide bonds. The zero-order chi connectivity index (χ0) is 10.7. The Morgan fingerprint density at radius 1 is 1.20 bits per heavy atom. The third-order valence-corrected chi connectivity index (χ3v) is 4.44. The Morgan fingerprint density at radius 2 is 1.93 bits per heavy atom. The van der Waals surface area contributed by atoms with Crippen molar-refractivity contribution < 1.29 is 0 Å². The summed E-state index contributed by atoms with van der Waals surface area (Å²) in [7, 11) is 0. The van der Waals surface area contributed by atoms with Gasteiger partial charge in [0.25, 0.3) is 0 Å². The zero-order valence-corrected chi connectivity index (χ0v) is 10.1. The van der Waals surface area contributed by atoms with E-state index in [1.807, 2.05) is 0 Å². The van der Waals surface area contributed by atoms with Gasteiger partial charge in [0.2, 0.25) is 0 Å². The lowest BCUT2D eigenvalue weighted by molar-refractivity contribution is 0.0295. The van der Waals surface area contributed by atoms with Crippen molar-refractivity contribution in [3.05, 3.63) is 0 Å². The highest BCUT2D eigenvalue weighted by molar-refractivity contribution is 4.89. The van der Waals surface area contributed by atoms with Crippen molar-refractivity contribution in [3.63, 3.8) is 0 Å². The zero-order valence-electron chi connectivity index (χ0n) is 10.1. The average Bonchev–Trinajstić information content (AvgIpc) is 2.28. The van der Waals surface area contributed by atoms with Gasteiger partial charge in [0.1, 0.15) is 0 Å². The Hall–Kier alpha value is -0.0800. The van der Waals surface area contributed by atoms with E-state index in [1.165, 1.54) is 51.5 Å². The molecule has 1 heterocycles. The molecule has 3 atom stereocenters. The van der Waals surface area contributed by atoms with E-state index in [4.69, 9.17) is 5.73 Å². The molecule has 1 saturated heterocycles. The molecule has 15 heavy (non-hydrogen) atoms. The van der Waals surface area contributed by atoms with Crippen molar-refractivity contribution in [3.8, 4) is 0 Å². The lowest BCUT2D eigenvalue weighted by Crippen LogP contribution is -2.51. The van der Waals surface area contributed by atoms with Gasteiger partial charge in [-0.3, -0.25) is 4.90 Å². The Morgan fingerprint density at radius 3 is 2.73 bits per heavy atom. The van der Waals surface area contributed by atoms with Crippen LogP contribution in [0.1, 0.15) is 51.9 Å². The first kappa shape index (κ1) is 11.4. The highest BCUT2D eigenvalue weighted by Gasteiger charge is 2.34. The quantitative estimate of drug-likeness (QED) is 0.775. The number of piperidine rings is 1. The minimum atomic E-state index is 0.709. The van der Waals surface area contributed by atoms with Crippen LogP contribution >= 0.6 is 0 Å². The molecular formula is C13H26N2. The van der Waals surface area contributed by atoms with Crippen molar-refractivity contribution in [2.45, 2.75) is 64.0 Å². The standard InChI is InChI=1S/C13H26N2/c1-11(8-9-14)15-10-4-6-12-5-2-3-7-13(12)15/h11-13H,2-10,14H2,1H3/t11?,12-,13-/m1/s1. The molecule has 0 spiro atoms. The summed E-state index contributed by atoms with van der Waals surface area (Å²) in [5, 5.41) is 0. The Balaban J connectivity index is 1.96. The van der Waals surface area contributed by atoms with Gasteiger partial charge in [-0.15, -0.1) is 0 Å². The van der Waals surface area contributed by atoms with E-state index in [9.17, 15) is 0 Å². The normalized spacial score (nSPS) is 34.8. The van der Waals surface area contributed by atoms with Gasteiger partial charge in [-0.25, -0.2) is 0 Å². The van der Waals surface area contributed by atoms with Crippen molar-refractivity contribution in [1.29, 1.82) is 0 Å². The predicted octanol–water partition coefficient (Wildman–Crippen LogP) is 2.38. The summed E-state index contributed by atoms with van der Waals surface area (Å²) in [6, 6.07) is 1.61. The monoisotopic (exact) mass is 210 g/mol. The Kier molecular flexibility index (Phi) is 4.04. The first-order valence-electron chi connectivity index (χ1n) is 6.78. The second-order valence-corrected chi connectivity index (χ2v) is 5.42. The van der Waals surface area contributed by atoms with Crippen LogP contribution in [0.2, 0.25) is 0 Å². The third-order valence-electron chi connectivity index (χ3n) is 4.44. The molecule has 0 aromatic rings. The molecule has 2 heteroatoms. The lowest BCUT2D eigenvalue weighted by Gasteiger charge is -2.47. The molecule has 2 nitrogen and oxygen atoms in total. The van der Waals surface area contributed by atoms with Crippen molar-refractivity contribution in [2.75, 3.05) is 13.1 Å². The fourth-order valence-electron chi connectivity index (χ4n) is 3.62. The molecule has 2 N–H and O–H groups in total. The fourth-order valence-corrected chi connectivity index (χ4v) is 3.62. The smallest absolute Gasteiger partial charge is 0.0126 e. The number of nitrogens with two attached hydrogens (primary N) is 1. The minimum absolute atomic E-state index is 0.709. The van der Waals surface area contributed by atoms with E-state index in [-0.39, 0.29) is 0 Å². The first-order valence-corrected chi connectivity index (χ1v) is 6.78. The first-order chi connectivity index (χ1) is 7.33. The molecule has 88 valence electrons. The maximum atomic E-state index is 5.68. The van der Waals surface area contributed by atoms with E-state index < -0.39 is 0 Å². The van der Waals surface area contributed by atoms with Crippen LogP contribution < -0.4 is 5.73 Å². The highest BCUT2D eigenvalue weighted by Crippen LogP contribution is 2.36. The van der Waals surface area contributed by atoms with E-state index in [0.29, 0.717) is 6.04 Å². The molecule has 0 bridgehead atoms. The number of hydrogen-bond acceptors (Lipinski definition) is 2. The van der Waals surface area contributed by atoms with Crippen LogP contribution in [0, 0.1) is 5.92 Å². The Labute approximate surface area is 94.2 Å². The molecule has 2 aliphatic rings. The SMILES string of the molecule is CC(CCN)N1CCC[C@H]2CCCC[C@H]21. The van der Waals surface area contributed by atoms with Crippen LogP contribution in [-0.4, -0.2) is 30.1 Å². The molecule has 0 aromatic carbocycles. The molecule has 0 radical (unpaired) electrons. The largest absolute Gasteiger partial charge is 0.330 e. The summed E-state index contributed by atoms with van der Waals surface area (Å²) in [4.78, 5) is 2.76. The number of fused-ring (bicyclic) bond motifs is 1. The van der Waals surface area contributed by atoms with E-state index in [1.54, 1.807) is 0 Å². The fraction of sp³-hybridized carbons (Fsp3) is 1.00. The van der Waals surface area contributed by atoms with Gasteiger partial charge < -0.3 is 5.73 Å². The maximum absolute atomic E-state index is 5.68. The highest BCUT2D eigenvalue weighted by atomic mass is 15.2. The molecular weight excluding hydrogens is 184 g/mol. The topological polar surface area (TPSA) is 29.3 Å². The Bertz CT molecular complexity index is 191. The summed E-state index contributed by atoms with van der Waals surface area (Å²) in [5.41, 5.74) is 5.68. The number of nitrogens with zero attached hydrogens (tertiary/aromatic N) is 1. The van der Waals surface area contributed by atoms with Gasteiger partial charge in [0.15, 0.2) is 0 Å². The maximum Gasteiger partial charge on any atom is 0.0126 e. The molecule has 1 aliphatic carbocycles. The summed E-state index contributed by atoms with van der Waals surface area (Å²) in [6.45, 7) is 4.53. The summed E-state index contributed by atoms with van der Waals surface area (Å²) in [6.07, 6.45) is 9.92. The molecule has 1 aliphatic heterocycles. The lowest BCUT2D eigenvalue weighted by atomic mass is 9.77. The van der Waals surface area contributed by atoms with E-state index in [0.717, 1.165) is 18.5 Å². The van der Waals surface area contributed by atoms with Crippen molar-refractivity contribution in [2.24, 2.45) is 11.7 Å². The number of rotatable bonds is 3. The summed E-state index contributed by atoms with van der Waals surface area (Å²) in [5.74, 6) is 1.01. The van der Waals surface area contributed by atoms with Crippen LogP contribution in [0.15, 0.2) is 0 Å². The van der Waals surface area contributed by atoms with Crippen molar-refractivity contribution >= 4 is 0 Å². The van der Waals surface area contributed by atoms with Crippen LogP contribution in [0.5, 0.6) is 0 Å². The van der Waals surface area contributed by atoms with E-state index in [2.05, 4.69) is 11.8 Å². The third kappa shape index (κ3) is 2.54. The minimum Gasteiger partial charge on any atom is -0.330 e. The second-order valence-electron chi connectivity index (χ2n) is 5.42. The number of hydrogen-bond donors (Lipinski definition) is 1. The average molecular weight is 210 g/mol. The predicted molar refractivity (Wildman–Crippen MR) is 64.8 cm³/mol. The van der Waals surface area contributed by atoms with Gasteiger partial charge in [0.05, 0.1) is 0 Å². The van der Waals surface area contributed by atoms with Crippen LogP contribution in [0.3, 0.4) is 0 Å². The van der Waals surface area contributed by atoms with Gasteiger partial charge in [-0.05, 0) is 58.0 Å².